The van der Waals surface area contributed by atoms with Crippen LogP contribution in [0.5, 0.6) is 0 Å². The molecule has 1 aromatic heterocycles. The smallest absolute Gasteiger partial charge is 0.272 e. The van der Waals surface area contributed by atoms with Crippen LogP contribution in [0.2, 0.25) is 0 Å². The summed E-state index contributed by atoms with van der Waals surface area (Å²) in [5.74, 6) is -0.119. The summed E-state index contributed by atoms with van der Waals surface area (Å²) in [5, 5.41) is 10.9. The van der Waals surface area contributed by atoms with Crippen molar-refractivity contribution < 1.29 is 4.79 Å². The normalized spacial score (nSPS) is 17.2. The number of nitrogens with one attached hydrogen (secondary N) is 2. The Bertz CT molecular complexity index is 732. The first-order chi connectivity index (χ1) is 13.2. The van der Waals surface area contributed by atoms with Gasteiger partial charge in [-0.1, -0.05) is 38.1 Å². The van der Waals surface area contributed by atoms with Gasteiger partial charge in [-0.05, 0) is 49.7 Å². The number of aromatic nitrogens is 2. The lowest BCUT2D eigenvalue weighted by atomic mass is 10.1. The molecule has 2 N–H and O–H groups in total. The van der Waals surface area contributed by atoms with Crippen LogP contribution in [0.1, 0.15) is 54.3 Å². The van der Waals surface area contributed by atoms with Crippen LogP contribution >= 0.6 is 0 Å². The van der Waals surface area contributed by atoms with E-state index < -0.39 is 0 Å². The lowest BCUT2D eigenvalue weighted by Gasteiger charge is -2.22. The Labute approximate surface area is 161 Å². The van der Waals surface area contributed by atoms with Crippen LogP contribution in [0.25, 0.3) is 0 Å². The minimum Gasteiger partial charge on any atom is -0.347 e. The molecule has 2 heterocycles. The van der Waals surface area contributed by atoms with Crippen molar-refractivity contribution in [2.24, 2.45) is 0 Å². The van der Waals surface area contributed by atoms with Crippen molar-refractivity contribution in [3.05, 3.63) is 53.3 Å². The van der Waals surface area contributed by atoms with Crippen LogP contribution in [0.4, 0.5) is 0 Å². The molecule has 0 saturated carbocycles. The molecule has 6 nitrogen and oxygen atoms in total. The third-order valence-electron chi connectivity index (χ3n) is 5.23. The van der Waals surface area contributed by atoms with E-state index >= 15 is 0 Å². The number of rotatable bonds is 8. The van der Waals surface area contributed by atoms with Gasteiger partial charge in [0, 0.05) is 25.8 Å². The second-order valence-corrected chi connectivity index (χ2v) is 7.15. The predicted octanol–water partition coefficient (Wildman–Crippen LogP) is 2.58. The van der Waals surface area contributed by atoms with E-state index in [9.17, 15) is 4.79 Å². The number of nitrogens with zero attached hydrogens (tertiary/aromatic N) is 3. The van der Waals surface area contributed by atoms with E-state index in [-0.39, 0.29) is 5.91 Å². The Hall–Kier alpha value is -2.18. The number of carbonyl (C=O) groups excluding carboxylic acids is 1. The Morgan fingerprint density at radius 3 is 2.85 bits per heavy atom. The minimum absolute atomic E-state index is 0.119. The fourth-order valence-electron chi connectivity index (χ4n) is 3.54. The van der Waals surface area contributed by atoms with Crippen molar-refractivity contribution in [3.63, 3.8) is 0 Å². The number of amides is 1. The lowest BCUT2D eigenvalue weighted by Crippen LogP contribution is -2.32. The molecule has 1 aliphatic rings. The first kappa shape index (κ1) is 19.6. The monoisotopic (exact) mass is 369 g/mol. The van der Waals surface area contributed by atoms with Gasteiger partial charge in [0.15, 0.2) is 0 Å². The molecule has 1 aromatic carbocycles. The van der Waals surface area contributed by atoms with E-state index in [0.717, 1.165) is 51.1 Å². The molecule has 1 unspecified atom stereocenters. The van der Waals surface area contributed by atoms with Gasteiger partial charge in [0.25, 0.3) is 5.91 Å². The van der Waals surface area contributed by atoms with Gasteiger partial charge in [0.2, 0.25) is 0 Å². The zero-order chi connectivity index (χ0) is 19.1. The van der Waals surface area contributed by atoms with Crippen molar-refractivity contribution in [1.82, 2.24) is 25.3 Å². The third-order valence-corrected chi connectivity index (χ3v) is 5.23. The summed E-state index contributed by atoms with van der Waals surface area (Å²) in [4.78, 5) is 14.8. The molecule has 1 fully saturated rings. The molecule has 1 aliphatic heterocycles. The quantitative estimate of drug-likeness (QED) is 0.751. The first-order valence-electron chi connectivity index (χ1n) is 10.0. The highest BCUT2D eigenvalue weighted by molar-refractivity contribution is 5.92. The molecular weight excluding hydrogens is 338 g/mol. The highest BCUT2D eigenvalue weighted by Gasteiger charge is 2.17. The number of hydrogen-bond donors (Lipinski definition) is 2. The molecule has 1 saturated heterocycles. The minimum atomic E-state index is -0.119. The highest BCUT2D eigenvalue weighted by Crippen LogP contribution is 2.16. The van der Waals surface area contributed by atoms with Crippen molar-refractivity contribution in [2.45, 2.75) is 45.8 Å². The van der Waals surface area contributed by atoms with Crippen LogP contribution < -0.4 is 10.6 Å². The molecule has 0 spiro atoms. The highest BCUT2D eigenvalue weighted by atomic mass is 16.1. The fraction of sp³-hybridized carbons (Fsp3) is 0.524. The maximum absolute atomic E-state index is 12.5. The van der Waals surface area contributed by atoms with E-state index in [2.05, 4.69) is 58.7 Å². The van der Waals surface area contributed by atoms with Gasteiger partial charge < -0.3 is 10.6 Å². The number of carbonyl (C=O) groups is 1. The van der Waals surface area contributed by atoms with E-state index in [4.69, 9.17) is 0 Å². The summed E-state index contributed by atoms with van der Waals surface area (Å²) in [6.45, 7) is 9.87. The summed E-state index contributed by atoms with van der Waals surface area (Å²) in [5.41, 5.74) is 2.88. The molecule has 0 aliphatic carbocycles. The molecule has 27 heavy (non-hydrogen) atoms. The van der Waals surface area contributed by atoms with Gasteiger partial charge in [-0.2, -0.15) is 5.10 Å². The second-order valence-electron chi connectivity index (χ2n) is 7.15. The standard InChI is InChI=1S/C21H31N5O/c1-3-25(4-2)16-18-8-5-7-17(13-18)14-23-21(27)20-10-12-26(24-20)19-9-6-11-22-15-19/h5,7-8,10,12-13,19,22H,3-4,6,9,11,14-16H2,1-2H3,(H,23,27). The first-order valence-corrected chi connectivity index (χ1v) is 10.0. The summed E-state index contributed by atoms with van der Waals surface area (Å²) < 4.78 is 1.92. The summed E-state index contributed by atoms with van der Waals surface area (Å²) in [7, 11) is 0. The van der Waals surface area contributed by atoms with Gasteiger partial charge in [0.1, 0.15) is 5.69 Å². The Morgan fingerprint density at radius 2 is 2.11 bits per heavy atom. The maximum atomic E-state index is 12.5. The topological polar surface area (TPSA) is 62.2 Å². The Kier molecular flexibility index (Phi) is 7.01. The summed E-state index contributed by atoms with van der Waals surface area (Å²) in [6.07, 6.45) is 4.17. The molecule has 1 amide bonds. The lowest BCUT2D eigenvalue weighted by molar-refractivity contribution is 0.0944. The van der Waals surface area contributed by atoms with Crippen LogP contribution in [0, 0.1) is 0 Å². The molecule has 3 rings (SSSR count). The third kappa shape index (κ3) is 5.40. The van der Waals surface area contributed by atoms with Gasteiger partial charge >= 0.3 is 0 Å². The van der Waals surface area contributed by atoms with Crippen LogP contribution in [0.15, 0.2) is 36.5 Å². The number of benzene rings is 1. The SMILES string of the molecule is CCN(CC)Cc1cccc(CNC(=O)c2ccn(C3CCCNC3)n2)c1. The predicted molar refractivity (Wildman–Crippen MR) is 108 cm³/mol. The van der Waals surface area contributed by atoms with Gasteiger partial charge in [-0.3, -0.25) is 14.4 Å². The fourth-order valence-corrected chi connectivity index (χ4v) is 3.54. The molecule has 2 aromatic rings. The molecule has 0 radical (unpaired) electrons. The Balaban J connectivity index is 1.55. The van der Waals surface area contributed by atoms with Crippen LogP contribution in [-0.4, -0.2) is 46.8 Å². The van der Waals surface area contributed by atoms with E-state index in [1.54, 1.807) is 6.07 Å². The van der Waals surface area contributed by atoms with E-state index in [1.807, 2.05) is 10.9 Å². The second kappa shape index (κ2) is 9.67. The molecular formula is C21H31N5O. The summed E-state index contributed by atoms with van der Waals surface area (Å²) in [6, 6.07) is 10.6. The molecule has 0 bridgehead atoms. The van der Waals surface area contributed by atoms with E-state index in [0.29, 0.717) is 18.3 Å². The average Bonchev–Trinajstić information content (AvgIpc) is 3.21. The summed E-state index contributed by atoms with van der Waals surface area (Å²) >= 11 is 0. The van der Waals surface area contributed by atoms with Crippen LogP contribution in [-0.2, 0) is 13.1 Å². The Morgan fingerprint density at radius 1 is 1.30 bits per heavy atom. The van der Waals surface area contributed by atoms with Crippen molar-refractivity contribution in [1.29, 1.82) is 0 Å². The van der Waals surface area contributed by atoms with Crippen molar-refractivity contribution in [3.8, 4) is 0 Å². The molecule has 1 atom stereocenters. The maximum Gasteiger partial charge on any atom is 0.272 e. The zero-order valence-electron chi connectivity index (χ0n) is 16.4. The number of piperidine rings is 1. The molecule has 6 heteroatoms. The molecule has 146 valence electrons. The van der Waals surface area contributed by atoms with Gasteiger partial charge in [-0.25, -0.2) is 0 Å². The van der Waals surface area contributed by atoms with E-state index in [1.165, 1.54) is 5.56 Å². The zero-order valence-corrected chi connectivity index (χ0v) is 16.4. The van der Waals surface area contributed by atoms with Crippen LogP contribution in [0.3, 0.4) is 0 Å². The van der Waals surface area contributed by atoms with Gasteiger partial charge in [-0.15, -0.1) is 0 Å². The average molecular weight is 370 g/mol. The number of hydrogen-bond acceptors (Lipinski definition) is 4. The largest absolute Gasteiger partial charge is 0.347 e. The van der Waals surface area contributed by atoms with Crippen molar-refractivity contribution in [2.75, 3.05) is 26.2 Å². The van der Waals surface area contributed by atoms with Crippen molar-refractivity contribution >= 4 is 5.91 Å². The van der Waals surface area contributed by atoms with Gasteiger partial charge in [0.05, 0.1) is 6.04 Å².